The van der Waals surface area contributed by atoms with Crippen molar-refractivity contribution >= 4 is 109 Å². The van der Waals surface area contributed by atoms with E-state index in [4.69, 9.17) is 29.9 Å². The van der Waals surface area contributed by atoms with Crippen LogP contribution in [0.25, 0.3) is 238 Å². The molecule has 2 aliphatic rings. The second-order valence-electron chi connectivity index (χ2n) is 35.3. The van der Waals surface area contributed by atoms with Crippen LogP contribution in [-0.4, -0.2) is 43.6 Å². The van der Waals surface area contributed by atoms with Crippen molar-refractivity contribution in [1.29, 1.82) is 0 Å². The molecule has 0 saturated carbocycles. The van der Waals surface area contributed by atoms with E-state index >= 15 is 0 Å². The SMILES string of the molecule is CC1(C)c2ccccc2-c2cc3c4ccccc4n(-c4cc(-c5ccc6c7ccccc7c7cc(-c8ccc9c(c8)-c8cc%10c%11ccccc%11n(-c%11cc(-c%12nc(-c%13ccccc%13)nc(-c%13cccc%14ccccc%13%14)n%12)cc(-n%12c%13ccccc%13c%13ccccc%13%12)c%11)c%10cc8C9(C)C)ccc7c6c5)cc(-c5nc(-c6ccccc6)nc(-c6ccccc6)n5)c4)c3cc21. The molecule has 26 rings (SSSR count). The molecular weight excluding hydrogens is 1540 g/mol. The predicted molar refractivity (Wildman–Crippen MR) is 525 cm³/mol. The molecule has 19 aromatic carbocycles. The van der Waals surface area contributed by atoms with Crippen molar-refractivity contribution in [1.82, 2.24) is 43.6 Å². The standard InChI is InChI=1S/C118H77N9/c1-117(2)101-46-23-18-40-88(101)97-66-99-91-43-21-26-49-107(91)126(109(99)68-103(97)117)80-58-77(57-78(59-80)114-120-111(71-30-8-5-9-31-71)119-112(121-114)72-32-10-6-11-33-72)76-52-54-86-84-38-16-17-39-85(84)94-62-74(51-55-87(94)95(86)63-76)75-53-56-102-96(64-75)98-67-100-92-44-22-27-50-108(92)127(110(100)69-104(98)118(102,3)4)82-61-79(60-81(65-82)125-105-47-24-19-41-89(105)90-42-20-25-48-106(90)125)115-122-113(73-34-12-7-13-35-73)123-116(124-115)93-45-28-36-70-29-14-15-37-83(70)93/h5-69H,1-4H3. The van der Waals surface area contributed by atoms with E-state index in [0.29, 0.717) is 34.9 Å². The van der Waals surface area contributed by atoms with Crippen LogP contribution in [0.4, 0.5) is 0 Å². The number of rotatable bonds is 11. The van der Waals surface area contributed by atoms with E-state index in [1.54, 1.807) is 0 Å². The molecule has 127 heavy (non-hydrogen) atoms. The van der Waals surface area contributed by atoms with Crippen molar-refractivity contribution < 1.29 is 0 Å². The summed E-state index contributed by atoms with van der Waals surface area (Å²) in [5, 5.41) is 16.5. The fourth-order valence-corrected chi connectivity index (χ4v) is 21.3. The Morgan fingerprint density at radius 2 is 0.496 bits per heavy atom. The van der Waals surface area contributed by atoms with Gasteiger partial charge in [0.25, 0.3) is 0 Å². The molecule has 2 aliphatic carbocycles. The fourth-order valence-electron chi connectivity index (χ4n) is 21.3. The minimum Gasteiger partial charge on any atom is -0.309 e. The van der Waals surface area contributed by atoms with Gasteiger partial charge in [-0.1, -0.05) is 319 Å². The van der Waals surface area contributed by atoms with Crippen molar-refractivity contribution in [2.45, 2.75) is 38.5 Å². The Kier molecular flexibility index (Phi) is 15.7. The second-order valence-corrected chi connectivity index (χ2v) is 35.3. The first-order valence-corrected chi connectivity index (χ1v) is 43.7. The minimum atomic E-state index is -0.364. The Hall–Kier alpha value is -16.4. The number of aromatic nitrogens is 9. The molecule has 0 radical (unpaired) electrons. The van der Waals surface area contributed by atoms with E-state index in [-0.39, 0.29) is 10.8 Å². The quantitative estimate of drug-likeness (QED) is 0.120. The summed E-state index contributed by atoms with van der Waals surface area (Å²) in [6.45, 7) is 9.55. The molecule has 0 saturated heterocycles. The number of nitrogens with zero attached hydrogens (tertiary/aromatic N) is 9. The van der Waals surface area contributed by atoms with Gasteiger partial charge in [0.2, 0.25) is 0 Å². The Morgan fingerprint density at radius 3 is 1.02 bits per heavy atom. The maximum Gasteiger partial charge on any atom is 0.164 e. The van der Waals surface area contributed by atoms with Gasteiger partial charge in [-0.3, -0.25) is 0 Å². The lowest BCUT2D eigenvalue weighted by Crippen LogP contribution is -2.15. The molecule has 24 aromatic rings. The van der Waals surface area contributed by atoms with Gasteiger partial charge in [-0.25, -0.2) is 29.9 Å². The Bertz CT molecular complexity index is 8720. The smallest absolute Gasteiger partial charge is 0.164 e. The Balaban J connectivity index is 0.632. The highest BCUT2D eigenvalue weighted by atomic mass is 15.1. The monoisotopic (exact) mass is 1620 g/mol. The van der Waals surface area contributed by atoms with Gasteiger partial charge >= 0.3 is 0 Å². The van der Waals surface area contributed by atoms with Crippen LogP contribution in [0.3, 0.4) is 0 Å². The molecule has 5 heterocycles. The van der Waals surface area contributed by atoms with Gasteiger partial charge in [0.1, 0.15) is 0 Å². The molecule has 9 nitrogen and oxygen atoms in total. The first-order valence-electron chi connectivity index (χ1n) is 43.7. The summed E-state index contributed by atoms with van der Waals surface area (Å²) in [7, 11) is 0. The molecule has 9 heteroatoms. The summed E-state index contributed by atoms with van der Waals surface area (Å²) in [5.41, 5.74) is 29.3. The maximum atomic E-state index is 5.53. The predicted octanol–water partition coefficient (Wildman–Crippen LogP) is 29.9. The molecular formula is C118H77N9. The average molecular weight is 1620 g/mol. The Morgan fingerprint density at radius 1 is 0.165 bits per heavy atom. The topological polar surface area (TPSA) is 92.1 Å². The fraction of sp³-hybridized carbons (Fsp3) is 0.0508. The van der Waals surface area contributed by atoms with E-state index in [9.17, 15) is 0 Å². The largest absolute Gasteiger partial charge is 0.309 e. The van der Waals surface area contributed by atoms with Gasteiger partial charge in [0.15, 0.2) is 34.9 Å². The normalized spacial score (nSPS) is 13.2. The molecule has 0 aliphatic heterocycles. The number of hydrogen-bond donors (Lipinski definition) is 0. The molecule has 5 aromatic heterocycles. The van der Waals surface area contributed by atoms with Crippen LogP contribution in [0.15, 0.2) is 394 Å². The molecule has 0 amide bonds. The van der Waals surface area contributed by atoms with Gasteiger partial charge in [-0.15, -0.1) is 0 Å². The van der Waals surface area contributed by atoms with E-state index in [0.717, 1.165) is 117 Å². The van der Waals surface area contributed by atoms with E-state index in [1.165, 1.54) is 109 Å². The molecule has 0 fully saturated rings. The molecule has 0 spiro atoms. The third-order valence-corrected chi connectivity index (χ3v) is 27.4. The lowest BCUT2D eigenvalue weighted by Gasteiger charge is -2.22. The summed E-state index contributed by atoms with van der Waals surface area (Å²) < 4.78 is 7.38. The van der Waals surface area contributed by atoms with E-state index in [1.807, 2.05) is 54.6 Å². The molecule has 594 valence electrons. The van der Waals surface area contributed by atoms with Crippen molar-refractivity contribution in [2.75, 3.05) is 0 Å². The highest BCUT2D eigenvalue weighted by Gasteiger charge is 2.39. The highest BCUT2D eigenvalue weighted by molar-refractivity contribution is 6.27. The summed E-state index contributed by atoms with van der Waals surface area (Å²) in [6, 6.07) is 144. The lowest BCUT2D eigenvalue weighted by molar-refractivity contribution is 0.661. The van der Waals surface area contributed by atoms with Gasteiger partial charge in [-0.2, -0.15) is 0 Å². The first kappa shape index (κ1) is 72.3. The summed E-state index contributed by atoms with van der Waals surface area (Å²) in [4.78, 5) is 32.3. The molecule has 0 atom stereocenters. The molecule has 0 unspecified atom stereocenters. The number of hydrogen-bond acceptors (Lipinski definition) is 6. The van der Waals surface area contributed by atoms with E-state index in [2.05, 4.69) is 381 Å². The number of para-hydroxylation sites is 4. The van der Waals surface area contributed by atoms with Gasteiger partial charge in [-0.05, 0) is 213 Å². The third kappa shape index (κ3) is 11.1. The lowest BCUT2D eigenvalue weighted by atomic mass is 9.82. The molecule has 0 bridgehead atoms. The van der Waals surface area contributed by atoms with Crippen LogP contribution in [0.1, 0.15) is 49.9 Å². The number of benzene rings is 19. The Labute approximate surface area is 732 Å². The zero-order chi connectivity index (χ0) is 84.1. The summed E-state index contributed by atoms with van der Waals surface area (Å²) in [5.74, 6) is 3.60. The van der Waals surface area contributed by atoms with Crippen molar-refractivity contribution in [2.24, 2.45) is 0 Å². The van der Waals surface area contributed by atoms with Crippen molar-refractivity contribution in [3.05, 3.63) is 417 Å². The summed E-state index contributed by atoms with van der Waals surface area (Å²) in [6.07, 6.45) is 0. The average Bonchev–Trinajstić information content (AvgIpc) is 1.56. The highest BCUT2D eigenvalue weighted by Crippen LogP contribution is 2.55. The zero-order valence-electron chi connectivity index (χ0n) is 70.1. The van der Waals surface area contributed by atoms with Crippen LogP contribution in [0.5, 0.6) is 0 Å². The zero-order valence-corrected chi connectivity index (χ0v) is 70.1. The summed E-state index contributed by atoms with van der Waals surface area (Å²) >= 11 is 0. The van der Waals surface area contributed by atoms with Crippen LogP contribution >= 0.6 is 0 Å². The van der Waals surface area contributed by atoms with Crippen LogP contribution in [0, 0.1) is 0 Å². The maximum absolute atomic E-state index is 5.53. The minimum absolute atomic E-state index is 0.217. The van der Waals surface area contributed by atoms with Crippen LogP contribution < -0.4 is 0 Å². The van der Waals surface area contributed by atoms with Crippen LogP contribution in [-0.2, 0) is 10.8 Å². The third-order valence-electron chi connectivity index (χ3n) is 27.4. The van der Waals surface area contributed by atoms with Crippen molar-refractivity contribution in [3.63, 3.8) is 0 Å². The van der Waals surface area contributed by atoms with Gasteiger partial charge < -0.3 is 13.7 Å². The van der Waals surface area contributed by atoms with Gasteiger partial charge in [0, 0.05) is 93.6 Å². The van der Waals surface area contributed by atoms with Crippen molar-refractivity contribution in [3.8, 4) is 130 Å². The molecule has 0 N–H and O–H groups in total. The van der Waals surface area contributed by atoms with Gasteiger partial charge in [0.05, 0.1) is 33.1 Å². The van der Waals surface area contributed by atoms with E-state index < -0.39 is 0 Å². The second kappa shape index (κ2) is 27.6. The van der Waals surface area contributed by atoms with Crippen LogP contribution in [0.2, 0.25) is 0 Å². The number of fused-ring (bicyclic) bond motifs is 22. The first-order chi connectivity index (χ1) is 62.4.